The van der Waals surface area contributed by atoms with Crippen molar-refractivity contribution in [1.82, 2.24) is 4.98 Å². The van der Waals surface area contributed by atoms with E-state index in [4.69, 9.17) is 34.8 Å². The van der Waals surface area contributed by atoms with Gasteiger partial charge in [0.1, 0.15) is 0 Å². The van der Waals surface area contributed by atoms with E-state index in [1.807, 2.05) is 0 Å². The molecular weight excluding hydrogens is 333 g/mol. The third-order valence-electron chi connectivity index (χ3n) is 1.75. The van der Waals surface area contributed by atoms with Crippen LogP contribution in [0, 0.1) is 5.82 Å². The third kappa shape index (κ3) is 7.47. The molecule has 0 atom stereocenters. The lowest BCUT2D eigenvalue weighted by Gasteiger charge is -2.05. The molecule has 5 nitrogen and oxygen atoms in total. The van der Waals surface area contributed by atoms with E-state index in [0.29, 0.717) is 18.1 Å². The highest BCUT2D eigenvalue weighted by Gasteiger charge is 2.13. The Kier molecular flexibility index (Phi) is 10.1. The van der Waals surface area contributed by atoms with E-state index in [2.05, 4.69) is 15.0 Å². The first-order valence-electron chi connectivity index (χ1n) is 5.24. The van der Waals surface area contributed by atoms with Crippen molar-refractivity contribution in [1.29, 1.82) is 0 Å². The molecule has 0 amide bonds. The number of nitrogens with zero attached hydrogens (tertiary/aromatic N) is 1. The third-order valence-corrected chi connectivity index (χ3v) is 2.45. The van der Waals surface area contributed by atoms with E-state index in [1.165, 1.54) is 19.4 Å². The SMILES string of the molecule is COC(=O)c1ncc(NCCCl)cc1F.O=C(Cl)CCl. The van der Waals surface area contributed by atoms with Gasteiger partial charge in [-0.3, -0.25) is 4.79 Å². The van der Waals surface area contributed by atoms with E-state index in [9.17, 15) is 14.0 Å². The number of halogens is 4. The molecule has 0 saturated heterocycles. The molecule has 0 aliphatic rings. The first-order valence-corrected chi connectivity index (χ1v) is 6.69. The van der Waals surface area contributed by atoms with Gasteiger partial charge < -0.3 is 10.1 Å². The summed E-state index contributed by atoms with van der Waals surface area (Å²) in [6, 6.07) is 1.17. The standard InChI is InChI=1S/C9H10ClFN2O2.C2H2Cl2O/c1-15-9(14)8-7(11)4-6(5-13-8)12-3-2-10;3-1-2(4)5/h4-5,12H,2-3H2,1H3;1H2. The maximum absolute atomic E-state index is 13.3. The molecule has 0 fully saturated rings. The number of hydrogen-bond acceptors (Lipinski definition) is 5. The smallest absolute Gasteiger partial charge is 0.359 e. The quantitative estimate of drug-likeness (QED) is 0.505. The Balaban J connectivity index is 0.000000621. The van der Waals surface area contributed by atoms with E-state index in [0.717, 1.165) is 0 Å². The minimum atomic E-state index is -0.795. The molecule has 0 unspecified atom stereocenters. The van der Waals surface area contributed by atoms with Gasteiger partial charge >= 0.3 is 5.97 Å². The Morgan fingerprint density at radius 2 is 2.05 bits per heavy atom. The fraction of sp³-hybridized carbons (Fsp3) is 0.364. The van der Waals surface area contributed by atoms with Crippen molar-refractivity contribution < 1.29 is 18.7 Å². The van der Waals surface area contributed by atoms with Gasteiger partial charge in [0, 0.05) is 18.5 Å². The largest absolute Gasteiger partial charge is 0.464 e. The van der Waals surface area contributed by atoms with Crippen molar-refractivity contribution in [3.8, 4) is 0 Å². The van der Waals surface area contributed by atoms with Crippen LogP contribution in [-0.2, 0) is 9.53 Å². The molecule has 1 aromatic heterocycles. The van der Waals surface area contributed by atoms with E-state index in [1.54, 1.807) is 0 Å². The Morgan fingerprint density at radius 3 is 2.45 bits per heavy atom. The number of ether oxygens (including phenoxy) is 1. The number of pyridine rings is 1. The Hall–Kier alpha value is -1.11. The van der Waals surface area contributed by atoms with Gasteiger partial charge in [-0.25, -0.2) is 14.2 Å². The van der Waals surface area contributed by atoms with Crippen molar-refractivity contribution in [2.45, 2.75) is 0 Å². The minimum Gasteiger partial charge on any atom is -0.464 e. The monoisotopic (exact) mass is 344 g/mol. The average Bonchev–Trinajstić information content (AvgIpc) is 2.45. The number of carbonyl (C=O) groups excluding carboxylic acids is 2. The Bertz CT molecular complexity index is 461. The van der Waals surface area contributed by atoms with Gasteiger partial charge in [-0.05, 0) is 11.6 Å². The highest BCUT2D eigenvalue weighted by molar-refractivity contribution is 6.67. The van der Waals surface area contributed by atoms with Crippen molar-refractivity contribution >= 4 is 51.7 Å². The van der Waals surface area contributed by atoms with Gasteiger partial charge in [-0.2, -0.15) is 0 Å². The van der Waals surface area contributed by atoms with E-state index >= 15 is 0 Å². The second-order valence-electron chi connectivity index (χ2n) is 3.15. The molecule has 112 valence electrons. The highest BCUT2D eigenvalue weighted by Crippen LogP contribution is 2.12. The zero-order chi connectivity index (χ0) is 15.5. The first-order chi connectivity index (χ1) is 9.46. The molecule has 1 aromatic rings. The average molecular weight is 346 g/mol. The summed E-state index contributed by atoms with van der Waals surface area (Å²) < 4.78 is 17.6. The minimum absolute atomic E-state index is 0.0957. The maximum atomic E-state index is 13.3. The molecular formula is C11H12Cl3FN2O3. The number of aromatic nitrogens is 1. The normalized spacial score (nSPS) is 9.25. The second kappa shape index (κ2) is 10.7. The highest BCUT2D eigenvalue weighted by atomic mass is 35.5. The summed E-state index contributed by atoms with van der Waals surface area (Å²) >= 11 is 15.0. The van der Waals surface area contributed by atoms with Crippen molar-refractivity contribution in [2.24, 2.45) is 0 Å². The summed E-state index contributed by atoms with van der Waals surface area (Å²) in [7, 11) is 1.17. The summed E-state index contributed by atoms with van der Waals surface area (Å²) in [4.78, 5) is 24.1. The summed E-state index contributed by atoms with van der Waals surface area (Å²) in [6.45, 7) is 0.500. The molecule has 0 aliphatic heterocycles. The Labute approximate surface area is 130 Å². The van der Waals surface area contributed by atoms with Crippen LogP contribution in [-0.4, -0.2) is 41.6 Å². The zero-order valence-electron chi connectivity index (χ0n) is 10.5. The van der Waals surface area contributed by atoms with Gasteiger partial charge in [0.2, 0.25) is 5.24 Å². The number of hydrogen-bond donors (Lipinski definition) is 1. The Morgan fingerprint density at radius 1 is 1.45 bits per heavy atom. The summed E-state index contributed by atoms with van der Waals surface area (Å²) in [6.07, 6.45) is 1.35. The van der Waals surface area contributed by atoms with E-state index < -0.39 is 17.0 Å². The van der Waals surface area contributed by atoms with Crippen molar-refractivity contribution in [2.75, 3.05) is 30.7 Å². The van der Waals surface area contributed by atoms with E-state index in [-0.39, 0.29) is 11.6 Å². The van der Waals surface area contributed by atoms with Crippen LogP contribution in [0.25, 0.3) is 0 Å². The van der Waals surface area contributed by atoms with Crippen LogP contribution in [0.15, 0.2) is 12.3 Å². The lowest BCUT2D eigenvalue weighted by Crippen LogP contribution is -2.09. The molecule has 0 saturated carbocycles. The molecule has 0 spiro atoms. The molecule has 1 rings (SSSR count). The van der Waals surface area contributed by atoms with Crippen LogP contribution in [0.2, 0.25) is 0 Å². The predicted octanol–water partition coefficient (Wildman–Crippen LogP) is 2.65. The van der Waals surface area contributed by atoms with Gasteiger partial charge in [0.15, 0.2) is 11.5 Å². The molecule has 0 radical (unpaired) electrons. The van der Waals surface area contributed by atoms with Crippen LogP contribution in [0.1, 0.15) is 10.5 Å². The number of methoxy groups -OCH3 is 1. The molecule has 9 heteroatoms. The molecule has 0 aliphatic carbocycles. The summed E-state index contributed by atoms with van der Waals surface area (Å²) in [5.74, 6) is -1.21. The maximum Gasteiger partial charge on any atom is 0.359 e. The van der Waals surface area contributed by atoms with Crippen LogP contribution in [0.5, 0.6) is 0 Å². The number of alkyl halides is 2. The van der Waals surface area contributed by atoms with Gasteiger partial charge in [-0.1, -0.05) is 0 Å². The van der Waals surface area contributed by atoms with Crippen molar-refractivity contribution in [3.63, 3.8) is 0 Å². The molecule has 0 aromatic carbocycles. The number of anilines is 1. The van der Waals surface area contributed by atoms with Crippen molar-refractivity contribution in [3.05, 3.63) is 23.8 Å². The lowest BCUT2D eigenvalue weighted by atomic mass is 10.3. The number of carbonyl (C=O) groups is 2. The van der Waals surface area contributed by atoms with Crippen LogP contribution in [0.4, 0.5) is 10.1 Å². The molecule has 20 heavy (non-hydrogen) atoms. The zero-order valence-corrected chi connectivity index (χ0v) is 12.7. The second-order valence-corrected chi connectivity index (χ2v) is 4.22. The number of nitrogens with one attached hydrogen (secondary N) is 1. The fourth-order valence-corrected chi connectivity index (χ4v) is 1.07. The molecule has 0 bridgehead atoms. The molecule has 1 N–H and O–H groups in total. The number of rotatable bonds is 5. The predicted molar refractivity (Wildman–Crippen MR) is 76.3 cm³/mol. The fourth-order valence-electron chi connectivity index (χ4n) is 0.973. The molecule has 1 heterocycles. The van der Waals surface area contributed by atoms with Gasteiger partial charge in [0.05, 0.1) is 24.9 Å². The number of esters is 1. The van der Waals surface area contributed by atoms with Gasteiger partial charge in [0.25, 0.3) is 0 Å². The topological polar surface area (TPSA) is 68.3 Å². The lowest BCUT2D eigenvalue weighted by molar-refractivity contribution is -0.109. The summed E-state index contributed by atoms with van der Waals surface area (Å²) in [5.41, 5.74) is 0.148. The van der Waals surface area contributed by atoms with Crippen LogP contribution >= 0.6 is 34.8 Å². The van der Waals surface area contributed by atoms with Crippen LogP contribution in [0.3, 0.4) is 0 Å². The first kappa shape index (κ1) is 18.9. The van der Waals surface area contributed by atoms with Crippen LogP contribution < -0.4 is 5.32 Å². The summed E-state index contributed by atoms with van der Waals surface area (Å²) in [5, 5.41) is 2.33. The van der Waals surface area contributed by atoms with Gasteiger partial charge in [-0.15, -0.1) is 23.2 Å².